The first-order valence-electron chi connectivity index (χ1n) is 6.55. The lowest BCUT2D eigenvalue weighted by Gasteiger charge is -2.37. The quantitative estimate of drug-likeness (QED) is 0.788. The van der Waals surface area contributed by atoms with Gasteiger partial charge in [-0.05, 0) is 19.8 Å². The first kappa shape index (κ1) is 18.7. The maximum absolute atomic E-state index is 12.0. The fourth-order valence-electron chi connectivity index (χ4n) is 2.39. The maximum atomic E-state index is 12.0. The Labute approximate surface area is 122 Å². The normalized spacial score (nSPS) is 27.4. The minimum absolute atomic E-state index is 0. The zero-order chi connectivity index (χ0) is 13.8. The van der Waals surface area contributed by atoms with Crippen molar-refractivity contribution >= 4 is 28.2 Å². The van der Waals surface area contributed by atoms with Crippen LogP contribution in [-0.4, -0.2) is 37.9 Å². The third-order valence-electron chi connectivity index (χ3n) is 3.72. The van der Waals surface area contributed by atoms with E-state index < -0.39 is 15.4 Å². The van der Waals surface area contributed by atoms with E-state index in [-0.39, 0.29) is 42.3 Å². The van der Waals surface area contributed by atoms with Crippen LogP contribution in [0, 0.1) is 5.92 Å². The molecule has 0 aromatic rings. The van der Waals surface area contributed by atoms with E-state index >= 15 is 0 Å². The van der Waals surface area contributed by atoms with Crippen LogP contribution in [0.25, 0.3) is 0 Å². The SMILES string of the molecule is CCS(=O)(=O)CCNC(=O)C1CCCCC1(C)N.Cl. The molecule has 1 amide bonds. The van der Waals surface area contributed by atoms with Gasteiger partial charge in [0.05, 0.1) is 11.7 Å². The van der Waals surface area contributed by atoms with Gasteiger partial charge in [-0.25, -0.2) is 8.42 Å². The zero-order valence-corrected chi connectivity index (χ0v) is 13.3. The molecule has 1 fully saturated rings. The second kappa shape index (κ2) is 7.45. The highest BCUT2D eigenvalue weighted by molar-refractivity contribution is 7.91. The standard InChI is InChI=1S/C12H24N2O3S.ClH/c1-3-18(16,17)9-8-14-11(15)10-6-4-5-7-12(10,2)13;/h10H,3-9,13H2,1-2H3,(H,14,15);1H. The van der Waals surface area contributed by atoms with Crippen molar-refractivity contribution in [3.8, 4) is 0 Å². The van der Waals surface area contributed by atoms with Crippen LogP contribution < -0.4 is 11.1 Å². The van der Waals surface area contributed by atoms with E-state index in [9.17, 15) is 13.2 Å². The molecule has 1 aliphatic carbocycles. The predicted molar refractivity (Wildman–Crippen MR) is 79.1 cm³/mol. The first-order chi connectivity index (χ1) is 8.28. The van der Waals surface area contributed by atoms with Crippen molar-refractivity contribution in [1.82, 2.24) is 5.32 Å². The minimum Gasteiger partial charge on any atom is -0.355 e. The monoisotopic (exact) mass is 312 g/mol. The average molecular weight is 313 g/mol. The Morgan fingerprint density at radius 1 is 1.42 bits per heavy atom. The van der Waals surface area contributed by atoms with Crippen molar-refractivity contribution in [3.05, 3.63) is 0 Å². The fraction of sp³-hybridized carbons (Fsp3) is 0.917. The molecule has 5 nitrogen and oxygen atoms in total. The van der Waals surface area contributed by atoms with E-state index in [1.165, 1.54) is 0 Å². The molecule has 0 radical (unpaired) electrons. The Balaban J connectivity index is 0.00000324. The summed E-state index contributed by atoms with van der Waals surface area (Å²) in [6, 6.07) is 0. The molecule has 1 rings (SSSR count). The molecule has 0 bridgehead atoms. The molecule has 2 unspecified atom stereocenters. The highest BCUT2D eigenvalue weighted by atomic mass is 35.5. The van der Waals surface area contributed by atoms with Gasteiger partial charge in [0, 0.05) is 17.8 Å². The molecular weight excluding hydrogens is 288 g/mol. The molecule has 1 saturated carbocycles. The summed E-state index contributed by atoms with van der Waals surface area (Å²) >= 11 is 0. The molecule has 0 heterocycles. The molecule has 0 aromatic carbocycles. The number of carbonyl (C=O) groups is 1. The van der Waals surface area contributed by atoms with Crippen LogP contribution in [0.1, 0.15) is 39.5 Å². The topological polar surface area (TPSA) is 89.3 Å². The fourth-order valence-corrected chi connectivity index (χ4v) is 3.09. The summed E-state index contributed by atoms with van der Waals surface area (Å²) in [5.74, 6) is -0.189. The number of sulfone groups is 1. The van der Waals surface area contributed by atoms with Crippen molar-refractivity contribution in [2.75, 3.05) is 18.1 Å². The lowest BCUT2D eigenvalue weighted by Crippen LogP contribution is -2.53. The lowest BCUT2D eigenvalue weighted by atomic mass is 9.74. The molecule has 1 aliphatic rings. The summed E-state index contributed by atoms with van der Waals surface area (Å²) in [6.07, 6.45) is 3.71. The number of nitrogens with one attached hydrogen (secondary N) is 1. The second-order valence-electron chi connectivity index (χ2n) is 5.33. The molecule has 7 heteroatoms. The van der Waals surface area contributed by atoms with E-state index in [0.717, 1.165) is 25.7 Å². The number of halogens is 1. The second-order valence-corrected chi connectivity index (χ2v) is 7.80. The lowest BCUT2D eigenvalue weighted by molar-refractivity contribution is -0.127. The third kappa shape index (κ3) is 5.67. The van der Waals surface area contributed by atoms with Gasteiger partial charge in [0.15, 0.2) is 9.84 Å². The van der Waals surface area contributed by atoms with Crippen LogP contribution >= 0.6 is 12.4 Å². The maximum Gasteiger partial charge on any atom is 0.224 e. The molecule has 3 N–H and O–H groups in total. The van der Waals surface area contributed by atoms with Gasteiger partial charge in [0.1, 0.15) is 0 Å². The minimum atomic E-state index is -3.02. The Hall–Kier alpha value is -0.330. The summed E-state index contributed by atoms with van der Waals surface area (Å²) in [5.41, 5.74) is 5.66. The van der Waals surface area contributed by atoms with Crippen molar-refractivity contribution in [2.24, 2.45) is 11.7 Å². The number of rotatable bonds is 5. The molecule has 0 spiro atoms. The van der Waals surface area contributed by atoms with Gasteiger partial charge in [0.25, 0.3) is 0 Å². The summed E-state index contributed by atoms with van der Waals surface area (Å²) < 4.78 is 22.6. The third-order valence-corrected chi connectivity index (χ3v) is 5.43. The molecule has 19 heavy (non-hydrogen) atoms. The summed E-state index contributed by atoms with van der Waals surface area (Å²) in [6.45, 7) is 3.69. The number of amides is 1. The number of carbonyl (C=O) groups excluding carboxylic acids is 1. The van der Waals surface area contributed by atoms with Crippen molar-refractivity contribution in [3.63, 3.8) is 0 Å². The van der Waals surface area contributed by atoms with E-state index in [4.69, 9.17) is 5.73 Å². The van der Waals surface area contributed by atoms with Gasteiger partial charge < -0.3 is 11.1 Å². The zero-order valence-electron chi connectivity index (χ0n) is 11.6. The van der Waals surface area contributed by atoms with E-state index in [1.54, 1.807) is 6.92 Å². The molecule has 2 atom stereocenters. The van der Waals surface area contributed by atoms with Crippen molar-refractivity contribution < 1.29 is 13.2 Å². The van der Waals surface area contributed by atoms with Gasteiger partial charge in [0.2, 0.25) is 5.91 Å². The summed E-state index contributed by atoms with van der Waals surface area (Å²) in [7, 11) is -3.02. The van der Waals surface area contributed by atoms with Gasteiger partial charge in [-0.15, -0.1) is 12.4 Å². The summed E-state index contributed by atoms with van der Waals surface area (Å²) in [5, 5.41) is 2.70. The molecule has 114 valence electrons. The molecule has 0 aliphatic heterocycles. The van der Waals surface area contributed by atoms with Crippen LogP contribution in [0.5, 0.6) is 0 Å². The Morgan fingerprint density at radius 2 is 2.05 bits per heavy atom. The van der Waals surface area contributed by atoms with Crippen LogP contribution in [0.15, 0.2) is 0 Å². The first-order valence-corrected chi connectivity index (χ1v) is 8.37. The highest BCUT2D eigenvalue weighted by Crippen LogP contribution is 2.31. The number of hydrogen-bond donors (Lipinski definition) is 2. The molecular formula is C12H25ClN2O3S. The Morgan fingerprint density at radius 3 is 2.58 bits per heavy atom. The van der Waals surface area contributed by atoms with E-state index in [1.807, 2.05) is 6.92 Å². The van der Waals surface area contributed by atoms with Crippen molar-refractivity contribution in [1.29, 1.82) is 0 Å². The van der Waals surface area contributed by atoms with Gasteiger partial charge in [-0.1, -0.05) is 19.8 Å². The average Bonchev–Trinajstić information content (AvgIpc) is 2.28. The largest absolute Gasteiger partial charge is 0.355 e. The van der Waals surface area contributed by atoms with Crippen molar-refractivity contribution in [2.45, 2.75) is 45.1 Å². The summed E-state index contributed by atoms with van der Waals surface area (Å²) in [4.78, 5) is 12.0. The van der Waals surface area contributed by atoms with E-state index in [0.29, 0.717) is 0 Å². The van der Waals surface area contributed by atoms with Crippen LogP contribution in [-0.2, 0) is 14.6 Å². The van der Waals surface area contributed by atoms with Crippen LogP contribution in [0.3, 0.4) is 0 Å². The highest BCUT2D eigenvalue weighted by Gasteiger charge is 2.37. The Kier molecular flexibility index (Phi) is 7.32. The van der Waals surface area contributed by atoms with E-state index in [2.05, 4.69) is 5.32 Å². The number of nitrogens with two attached hydrogens (primary N) is 1. The number of hydrogen-bond acceptors (Lipinski definition) is 4. The van der Waals surface area contributed by atoms with Gasteiger partial charge in [-0.2, -0.15) is 0 Å². The van der Waals surface area contributed by atoms with Gasteiger partial charge in [-0.3, -0.25) is 4.79 Å². The predicted octanol–water partition coefficient (Wildman–Crippen LogP) is 0.867. The molecule has 0 saturated heterocycles. The van der Waals surface area contributed by atoms with Gasteiger partial charge >= 0.3 is 0 Å². The van der Waals surface area contributed by atoms with Crippen LogP contribution in [0.2, 0.25) is 0 Å². The van der Waals surface area contributed by atoms with Crippen LogP contribution in [0.4, 0.5) is 0 Å². The Bertz CT molecular complexity index is 396. The smallest absolute Gasteiger partial charge is 0.224 e. The molecule has 0 aromatic heterocycles.